The summed E-state index contributed by atoms with van der Waals surface area (Å²) < 4.78 is 1.07. The largest absolute Gasteiger partial charge is 0.384 e. The Hall–Kier alpha value is -1.43. The number of benzene rings is 1. The first-order chi connectivity index (χ1) is 9.10. The number of aromatic nitrogens is 1. The van der Waals surface area contributed by atoms with Crippen molar-refractivity contribution in [1.29, 1.82) is 0 Å². The van der Waals surface area contributed by atoms with Crippen LogP contribution in [0.5, 0.6) is 0 Å². The molecule has 0 amide bonds. The van der Waals surface area contributed by atoms with E-state index in [1.165, 1.54) is 11.1 Å². The lowest BCUT2D eigenvalue weighted by Gasteiger charge is -2.19. The van der Waals surface area contributed by atoms with Gasteiger partial charge in [0.1, 0.15) is 5.82 Å². The topological polar surface area (TPSA) is 77.0 Å². The summed E-state index contributed by atoms with van der Waals surface area (Å²) in [6.07, 6.45) is 2.48. The highest BCUT2D eigenvalue weighted by Crippen LogP contribution is 2.24. The number of anilines is 1. The third-order valence-corrected chi connectivity index (χ3v) is 3.59. The molecule has 0 aliphatic carbocycles. The first-order valence-electron chi connectivity index (χ1n) is 6.02. The molecule has 5 N–H and O–H groups in total. The molecule has 2 aromatic rings. The summed E-state index contributed by atoms with van der Waals surface area (Å²) >= 11 is 3.47. The third-order valence-electron chi connectivity index (χ3n) is 3.09. The fraction of sp³-hybridized carbons (Fsp3) is 0.214. The molecule has 0 aliphatic heterocycles. The zero-order valence-corrected chi connectivity index (χ0v) is 12.3. The predicted octanol–water partition coefficient (Wildman–Crippen LogP) is 2.48. The molecular weight excluding hydrogens is 304 g/mol. The summed E-state index contributed by atoms with van der Waals surface area (Å²) in [5.74, 6) is 6.22. The van der Waals surface area contributed by atoms with Crippen molar-refractivity contribution >= 4 is 21.7 Å². The lowest BCUT2D eigenvalue weighted by Crippen LogP contribution is -2.30. The van der Waals surface area contributed by atoms with E-state index < -0.39 is 0 Å². The highest BCUT2D eigenvalue weighted by Gasteiger charge is 2.13. The van der Waals surface area contributed by atoms with Gasteiger partial charge in [0.25, 0.3) is 0 Å². The number of nitrogen functional groups attached to an aromatic ring is 1. The van der Waals surface area contributed by atoms with Gasteiger partial charge in [-0.2, -0.15) is 0 Å². The van der Waals surface area contributed by atoms with E-state index in [0.29, 0.717) is 5.82 Å². The van der Waals surface area contributed by atoms with Crippen molar-refractivity contribution in [2.45, 2.75) is 19.4 Å². The van der Waals surface area contributed by atoms with Crippen LogP contribution in [-0.2, 0) is 6.42 Å². The second-order valence-corrected chi connectivity index (χ2v) is 5.43. The van der Waals surface area contributed by atoms with Crippen molar-refractivity contribution < 1.29 is 0 Å². The minimum atomic E-state index is 0.0508. The van der Waals surface area contributed by atoms with Gasteiger partial charge in [-0.05, 0) is 54.3 Å². The van der Waals surface area contributed by atoms with Gasteiger partial charge in [0.15, 0.2) is 0 Å². The highest BCUT2D eigenvalue weighted by molar-refractivity contribution is 9.10. The molecule has 1 aromatic heterocycles. The van der Waals surface area contributed by atoms with E-state index in [1.807, 2.05) is 18.2 Å². The molecule has 1 atom stereocenters. The van der Waals surface area contributed by atoms with Crippen LogP contribution in [0, 0.1) is 6.92 Å². The maximum atomic E-state index is 5.70. The average molecular weight is 321 g/mol. The Labute approximate surface area is 121 Å². The molecule has 100 valence electrons. The molecule has 4 nitrogen and oxygen atoms in total. The first-order valence-corrected chi connectivity index (χ1v) is 6.82. The maximum absolute atomic E-state index is 5.70. The summed E-state index contributed by atoms with van der Waals surface area (Å²) in [6.45, 7) is 2.07. The van der Waals surface area contributed by atoms with Crippen molar-refractivity contribution in [2.75, 3.05) is 5.73 Å². The van der Waals surface area contributed by atoms with Gasteiger partial charge in [0.05, 0.1) is 6.04 Å². The van der Waals surface area contributed by atoms with Gasteiger partial charge in [-0.3, -0.25) is 11.3 Å². The van der Waals surface area contributed by atoms with Crippen molar-refractivity contribution in [3.63, 3.8) is 0 Å². The number of hydrazine groups is 1. The molecule has 0 fully saturated rings. The van der Waals surface area contributed by atoms with Crippen LogP contribution in [0.4, 0.5) is 5.82 Å². The number of nitrogens with two attached hydrogens (primary N) is 2. The number of pyridine rings is 1. The van der Waals surface area contributed by atoms with E-state index in [-0.39, 0.29) is 6.04 Å². The standard InChI is InChI=1S/C14H17BrN4/c1-9-6-11(15)2-3-12(9)13(19-17)7-10-4-5-18-14(16)8-10/h2-6,8,13,19H,7,17H2,1H3,(H2,16,18). The minimum absolute atomic E-state index is 0.0508. The number of hydrogen-bond acceptors (Lipinski definition) is 4. The van der Waals surface area contributed by atoms with Gasteiger partial charge in [-0.25, -0.2) is 4.98 Å². The number of hydrogen-bond donors (Lipinski definition) is 3. The number of nitrogens with zero attached hydrogens (tertiary/aromatic N) is 1. The number of aryl methyl sites for hydroxylation is 1. The van der Waals surface area contributed by atoms with Crippen molar-refractivity contribution in [2.24, 2.45) is 5.84 Å². The van der Waals surface area contributed by atoms with Crippen LogP contribution >= 0.6 is 15.9 Å². The molecular formula is C14H17BrN4. The zero-order valence-electron chi connectivity index (χ0n) is 10.7. The highest BCUT2D eigenvalue weighted by atomic mass is 79.9. The summed E-state index contributed by atoms with van der Waals surface area (Å²) in [5, 5.41) is 0. The summed E-state index contributed by atoms with van der Waals surface area (Å²) in [6, 6.07) is 10.1. The number of rotatable bonds is 4. The molecule has 0 saturated carbocycles. The first kappa shape index (κ1) is 14.0. The smallest absolute Gasteiger partial charge is 0.123 e. The Morgan fingerprint density at radius 2 is 2.11 bits per heavy atom. The molecule has 2 rings (SSSR count). The van der Waals surface area contributed by atoms with Crippen LogP contribution in [0.2, 0.25) is 0 Å². The van der Waals surface area contributed by atoms with Crippen molar-refractivity contribution in [3.05, 3.63) is 57.7 Å². The van der Waals surface area contributed by atoms with E-state index in [4.69, 9.17) is 11.6 Å². The maximum Gasteiger partial charge on any atom is 0.123 e. The Morgan fingerprint density at radius 1 is 1.32 bits per heavy atom. The van der Waals surface area contributed by atoms with E-state index >= 15 is 0 Å². The van der Waals surface area contributed by atoms with Crippen LogP contribution < -0.4 is 17.0 Å². The Balaban J connectivity index is 2.25. The number of nitrogens with one attached hydrogen (secondary N) is 1. The Kier molecular flexibility index (Phi) is 4.52. The lowest BCUT2D eigenvalue weighted by atomic mass is 9.96. The van der Waals surface area contributed by atoms with Crippen LogP contribution in [0.25, 0.3) is 0 Å². The summed E-state index contributed by atoms with van der Waals surface area (Å²) in [7, 11) is 0. The predicted molar refractivity (Wildman–Crippen MR) is 81.3 cm³/mol. The molecule has 5 heteroatoms. The molecule has 0 saturated heterocycles. The van der Waals surface area contributed by atoms with E-state index in [0.717, 1.165) is 16.5 Å². The van der Waals surface area contributed by atoms with E-state index in [2.05, 4.69) is 45.4 Å². The van der Waals surface area contributed by atoms with Gasteiger partial charge in [0, 0.05) is 10.7 Å². The van der Waals surface area contributed by atoms with Crippen LogP contribution in [0.15, 0.2) is 41.0 Å². The van der Waals surface area contributed by atoms with Crippen LogP contribution in [-0.4, -0.2) is 4.98 Å². The van der Waals surface area contributed by atoms with E-state index in [9.17, 15) is 0 Å². The van der Waals surface area contributed by atoms with Crippen molar-refractivity contribution in [1.82, 2.24) is 10.4 Å². The van der Waals surface area contributed by atoms with Crippen LogP contribution in [0.1, 0.15) is 22.7 Å². The molecule has 1 unspecified atom stereocenters. The Bertz CT molecular complexity index is 571. The molecule has 0 bridgehead atoms. The molecule has 0 aliphatic rings. The van der Waals surface area contributed by atoms with Gasteiger partial charge >= 0.3 is 0 Å². The lowest BCUT2D eigenvalue weighted by molar-refractivity contribution is 0.549. The summed E-state index contributed by atoms with van der Waals surface area (Å²) in [5.41, 5.74) is 12.0. The Morgan fingerprint density at radius 3 is 2.74 bits per heavy atom. The van der Waals surface area contributed by atoms with Crippen LogP contribution in [0.3, 0.4) is 0 Å². The average Bonchev–Trinajstić information content (AvgIpc) is 2.37. The molecule has 1 heterocycles. The molecule has 0 radical (unpaired) electrons. The van der Waals surface area contributed by atoms with Crippen molar-refractivity contribution in [3.8, 4) is 0 Å². The van der Waals surface area contributed by atoms with Gasteiger partial charge < -0.3 is 5.73 Å². The second-order valence-electron chi connectivity index (χ2n) is 4.51. The normalized spacial score (nSPS) is 12.4. The minimum Gasteiger partial charge on any atom is -0.384 e. The van der Waals surface area contributed by atoms with Gasteiger partial charge in [-0.15, -0.1) is 0 Å². The van der Waals surface area contributed by atoms with Gasteiger partial charge in [-0.1, -0.05) is 22.0 Å². The third kappa shape index (κ3) is 3.53. The number of halogens is 1. The second kappa shape index (κ2) is 6.14. The fourth-order valence-electron chi connectivity index (χ4n) is 2.15. The monoisotopic (exact) mass is 320 g/mol. The SMILES string of the molecule is Cc1cc(Br)ccc1C(Cc1ccnc(N)c1)NN. The molecule has 0 spiro atoms. The summed E-state index contributed by atoms with van der Waals surface area (Å²) in [4.78, 5) is 3.99. The fourth-order valence-corrected chi connectivity index (χ4v) is 2.62. The quantitative estimate of drug-likeness (QED) is 0.597. The van der Waals surface area contributed by atoms with E-state index in [1.54, 1.807) is 6.20 Å². The zero-order chi connectivity index (χ0) is 13.8. The molecule has 1 aromatic carbocycles. The molecule has 19 heavy (non-hydrogen) atoms. The van der Waals surface area contributed by atoms with Gasteiger partial charge in [0.2, 0.25) is 0 Å².